The molecule has 8 heteroatoms. The lowest BCUT2D eigenvalue weighted by molar-refractivity contribution is 0.588. The van der Waals surface area contributed by atoms with Crippen molar-refractivity contribution in [2.75, 3.05) is 30.1 Å². The van der Waals surface area contributed by atoms with Gasteiger partial charge in [-0.2, -0.15) is 0 Å². The molecule has 0 aliphatic rings. The molecule has 114 valence electrons. The standard InChI is InChI=1S/C12H21N3O3S2/c1-9(6-7-19(3)16)15-10-4-5-12(11(13)8-10)20(17,18)14-2/h4-5,8-9,14-15H,6-7,13H2,1-3H3. The Kier molecular flexibility index (Phi) is 5.97. The van der Waals surface area contributed by atoms with Gasteiger partial charge in [-0.05, 0) is 38.6 Å². The normalized spacial score (nSPS) is 14.8. The van der Waals surface area contributed by atoms with Crippen molar-refractivity contribution < 1.29 is 12.6 Å². The number of sulfonamides is 1. The van der Waals surface area contributed by atoms with Crippen molar-refractivity contribution in [3.8, 4) is 0 Å². The first kappa shape index (κ1) is 16.9. The van der Waals surface area contributed by atoms with Gasteiger partial charge in [-0.25, -0.2) is 13.1 Å². The van der Waals surface area contributed by atoms with Crippen LogP contribution in [0.5, 0.6) is 0 Å². The van der Waals surface area contributed by atoms with E-state index in [0.717, 1.165) is 12.1 Å². The van der Waals surface area contributed by atoms with E-state index in [-0.39, 0.29) is 16.6 Å². The number of anilines is 2. The maximum atomic E-state index is 11.7. The molecule has 4 N–H and O–H groups in total. The van der Waals surface area contributed by atoms with Gasteiger partial charge in [0.25, 0.3) is 0 Å². The highest BCUT2D eigenvalue weighted by Crippen LogP contribution is 2.22. The molecule has 0 radical (unpaired) electrons. The summed E-state index contributed by atoms with van der Waals surface area (Å²) in [6, 6.07) is 4.85. The van der Waals surface area contributed by atoms with E-state index in [0.29, 0.717) is 5.75 Å². The van der Waals surface area contributed by atoms with E-state index in [9.17, 15) is 12.6 Å². The first-order valence-electron chi connectivity index (χ1n) is 6.16. The van der Waals surface area contributed by atoms with Gasteiger partial charge < -0.3 is 11.1 Å². The minimum absolute atomic E-state index is 0.0628. The highest BCUT2D eigenvalue weighted by atomic mass is 32.2. The molecule has 0 spiro atoms. The Morgan fingerprint density at radius 1 is 1.40 bits per heavy atom. The van der Waals surface area contributed by atoms with Gasteiger partial charge in [0, 0.05) is 34.5 Å². The van der Waals surface area contributed by atoms with Gasteiger partial charge in [0.05, 0.1) is 5.69 Å². The first-order chi connectivity index (χ1) is 9.26. The lowest BCUT2D eigenvalue weighted by atomic mass is 10.2. The third-order valence-corrected chi connectivity index (χ3v) is 5.12. The monoisotopic (exact) mass is 319 g/mol. The van der Waals surface area contributed by atoms with E-state index in [2.05, 4.69) is 10.0 Å². The summed E-state index contributed by atoms with van der Waals surface area (Å²) in [6.07, 6.45) is 2.43. The second-order valence-corrected chi connectivity index (χ2v) is 7.98. The van der Waals surface area contributed by atoms with E-state index >= 15 is 0 Å². The largest absolute Gasteiger partial charge is 0.398 e. The van der Waals surface area contributed by atoms with Gasteiger partial charge in [0.15, 0.2) is 0 Å². The molecule has 0 aromatic heterocycles. The molecule has 0 amide bonds. The van der Waals surface area contributed by atoms with Crippen LogP contribution in [0.1, 0.15) is 13.3 Å². The van der Waals surface area contributed by atoms with Crippen molar-refractivity contribution in [1.82, 2.24) is 4.72 Å². The lowest BCUT2D eigenvalue weighted by Gasteiger charge is -2.16. The van der Waals surface area contributed by atoms with Crippen molar-refractivity contribution >= 4 is 32.2 Å². The molecule has 0 saturated heterocycles. The Bertz CT molecular complexity index is 588. The Morgan fingerprint density at radius 3 is 2.55 bits per heavy atom. The molecule has 1 aromatic rings. The zero-order valence-corrected chi connectivity index (χ0v) is 13.5. The van der Waals surface area contributed by atoms with Gasteiger partial charge in [-0.15, -0.1) is 0 Å². The van der Waals surface area contributed by atoms with Crippen molar-refractivity contribution in [2.24, 2.45) is 0 Å². The quantitative estimate of drug-likeness (QED) is 0.644. The SMILES string of the molecule is CNS(=O)(=O)c1ccc(NC(C)CCS(C)=O)cc1N. The summed E-state index contributed by atoms with van der Waals surface area (Å²) >= 11 is 0. The summed E-state index contributed by atoms with van der Waals surface area (Å²) in [4.78, 5) is 0.0628. The highest BCUT2D eigenvalue weighted by Gasteiger charge is 2.15. The molecule has 0 saturated carbocycles. The topological polar surface area (TPSA) is 101 Å². The molecule has 0 bridgehead atoms. The third-order valence-electron chi connectivity index (χ3n) is 2.82. The Hall–Kier alpha value is -1.12. The van der Waals surface area contributed by atoms with Gasteiger partial charge in [0.1, 0.15) is 4.90 Å². The first-order valence-corrected chi connectivity index (χ1v) is 9.37. The third kappa shape index (κ3) is 4.77. The van der Waals surface area contributed by atoms with E-state index in [1.165, 1.54) is 13.1 Å². The molecule has 2 atom stereocenters. The number of benzene rings is 1. The highest BCUT2D eigenvalue weighted by molar-refractivity contribution is 7.89. The minimum atomic E-state index is -3.54. The number of nitrogens with two attached hydrogens (primary N) is 1. The van der Waals surface area contributed by atoms with E-state index < -0.39 is 20.8 Å². The summed E-state index contributed by atoms with van der Waals surface area (Å²) in [6.45, 7) is 1.97. The summed E-state index contributed by atoms with van der Waals surface area (Å²) < 4.78 is 36.6. The van der Waals surface area contributed by atoms with Crippen molar-refractivity contribution in [1.29, 1.82) is 0 Å². The second kappa shape index (κ2) is 7.05. The van der Waals surface area contributed by atoms with Gasteiger partial charge in [0.2, 0.25) is 10.0 Å². The van der Waals surface area contributed by atoms with E-state index in [1.807, 2.05) is 6.92 Å². The fourth-order valence-corrected chi connectivity index (χ4v) is 3.21. The van der Waals surface area contributed by atoms with Crippen LogP contribution in [0.25, 0.3) is 0 Å². The van der Waals surface area contributed by atoms with Crippen molar-refractivity contribution in [3.05, 3.63) is 18.2 Å². The summed E-state index contributed by atoms with van der Waals surface area (Å²) in [5, 5.41) is 3.21. The summed E-state index contributed by atoms with van der Waals surface area (Å²) in [5.74, 6) is 0.621. The minimum Gasteiger partial charge on any atom is -0.398 e. The molecule has 20 heavy (non-hydrogen) atoms. The maximum Gasteiger partial charge on any atom is 0.242 e. The molecule has 0 fully saturated rings. The zero-order chi connectivity index (χ0) is 15.3. The zero-order valence-electron chi connectivity index (χ0n) is 11.8. The fraction of sp³-hybridized carbons (Fsp3) is 0.500. The van der Waals surface area contributed by atoms with Crippen LogP contribution in [0.2, 0.25) is 0 Å². The number of rotatable bonds is 7. The molecular formula is C12H21N3O3S2. The second-order valence-electron chi connectivity index (χ2n) is 4.57. The van der Waals surface area contributed by atoms with Crippen LogP contribution in [-0.4, -0.2) is 37.7 Å². The van der Waals surface area contributed by atoms with E-state index in [1.54, 1.807) is 18.4 Å². The van der Waals surface area contributed by atoms with Crippen LogP contribution in [-0.2, 0) is 20.8 Å². The molecular weight excluding hydrogens is 298 g/mol. The number of nitrogens with one attached hydrogen (secondary N) is 2. The van der Waals surface area contributed by atoms with Gasteiger partial charge in [-0.3, -0.25) is 4.21 Å². The van der Waals surface area contributed by atoms with Crippen LogP contribution in [0.3, 0.4) is 0 Å². The van der Waals surface area contributed by atoms with Crippen LogP contribution in [0.4, 0.5) is 11.4 Å². The average Bonchev–Trinajstić information content (AvgIpc) is 2.36. The molecule has 2 unspecified atom stereocenters. The molecule has 1 aromatic carbocycles. The van der Waals surface area contributed by atoms with E-state index in [4.69, 9.17) is 5.73 Å². The molecule has 0 heterocycles. The number of hydrogen-bond donors (Lipinski definition) is 3. The van der Waals surface area contributed by atoms with Crippen LogP contribution >= 0.6 is 0 Å². The van der Waals surface area contributed by atoms with Crippen molar-refractivity contribution in [3.63, 3.8) is 0 Å². The Labute approximate surface area is 122 Å². The number of nitrogen functional groups attached to an aromatic ring is 1. The van der Waals surface area contributed by atoms with Gasteiger partial charge in [-0.1, -0.05) is 0 Å². The van der Waals surface area contributed by atoms with Crippen LogP contribution in [0.15, 0.2) is 23.1 Å². The Balaban J connectivity index is 2.80. The lowest BCUT2D eigenvalue weighted by Crippen LogP contribution is -2.21. The maximum absolute atomic E-state index is 11.7. The van der Waals surface area contributed by atoms with Crippen molar-refractivity contribution in [2.45, 2.75) is 24.3 Å². The predicted molar refractivity (Wildman–Crippen MR) is 83.7 cm³/mol. The molecule has 0 aliphatic heterocycles. The molecule has 0 aliphatic carbocycles. The number of hydrogen-bond acceptors (Lipinski definition) is 5. The summed E-state index contributed by atoms with van der Waals surface area (Å²) in [5.41, 5.74) is 6.71. The Morgan fingerprint density at radius 2 is 2.05 bits per heavy atom. The van der Waals surface area contributed by atoms with Crippen LogP contribution < -0.4 is 15.8 Å². The summed E-state index contributed by atoms with van der Waals surface area (Å²) in [7, 11) is -3.01. The average molecular weight is 319 g/mol. The fourth-order valence-electron chi connectivity index (χ4n) is 1.69. The van der Waals surface area contributed by atoms with Gasteiger partial charge >= 0.3 is 0 Å². The molecule has 1 rings (SSSR count). The van der Waals surface area contributed by atoms with Crippen LogP contribution in [0, 0.1) is 0 Å². The molecule has 6 nitrogen and oxygen atoms in total. The smallest absolute Gasteiger partial charge is 0.242 e. The predicted octanol–water partition coefficient (Wildman–Crippen LogP) is 0.746.